The van der Waals surface area contributed by atoms with Crippen molar-refractivity contribution in [1.29, 1.82) is 5.26 Å². The first-order valence-corrected chi connectivity index (χ1v) is 9.82. The van der Waals surface area contributed by atoms with Gasteiger partial charge in [0.1, 0.15) is 5.52 Å². The van der Waals surface area contributed by atoms with Crippen molar-refractivity contribution in [2.75, 3.05) is 26.3 Å². The summed E-state index contributed by atoms with van der Waals surface area (Å²) in [7, 11) is 0. The maximum Gasteiger partial charge on any atom is 0.392 e. The zero-order valence-electron chi connectivity index (χ0n) is 16.5. The quantitative estimate of drug-likeness (QED) is 0.645. The second-order valence-electron chi connectivity index (χ2n) is 7.17. The number of nitrogens with one attached hydrogen (secondary N) is 1. The van der Waals surface area contributed by atoms with E-state index in [1.165, 1.54) is 0 Å². The van der Waals surface area contributed by atoms with Gasteiger partial charge in [0.15, 0.2) is 0 Å². The number of ether oxygens (including phenoxy) is 2. The molecule has 0 radical (unpaired) electrons. The van der Waals surface area contributed by atoms with Crippen molar-refractivity contribution in [3.8, 4) is 23.1 Å². The van der Waals surface area contributed by atoms with Crippen LogP contribution in [0.25, 0.3) is 22.2 Å². The highest BCUT2D eigenvalue weighted by Crippen LogP contribution is 2.33. The van der Waals surface area contributed by atoms with Crippen LogP contribution in [-0.2, 0) is 11.3 Å². The summed E-state index contributed by atoms with van der Waals surface area (Å²) in [4.78, 5) is 4.43. The summed E-state index contributed by atoms with van der Waals surface area (Å²) in [5.74, 6) is 0.0941. The second kappa shape index (κ2) is 8.91. The molecule has 3 aromatic rings. The monoisotopic (exact) mass is 431 g/mol. The van der Waals surface area contributed by atoms with Gasteiger partial charge in [0.05, 0.1) is 55.6 Å². The average Bonchev–Trinajstić information content (AvgIpc) is 3.14. The van der Waals surface area contributed by atoms with Gasteiger partial charge in [0.2, 0.25) is 5.88 Å². The van der Waals surface area contributed by atoms with E-state index < -0.39 is 19.2 Å². The number of rotatable bonds is 6. The number of nitrogens with zero attached hydrogens (tertiary/aromatic N) is 4. The lowest BCUT2D eigenvalue weighted by molar-refractivity contribution is -0.139. The normalized spacial score (nSPS) is 16.9. The van der Waals surface area contributed by atoms with Crippen LogP contribution in [0.4, 0.5) is 13.2 Å². The Labute approximate surface area is 176 Å². The van der Waals surface area contributed by atoms with Crippen LogP contribution >= 0.6 is 0 Å². The minimum Gasteiger partial charge on any atom is -0.477 e. The summed E-state index contributed by atoms with van der Waals surface area (Å²) in [5, 5.41) is 16.7. The number of halogens is 3. The van der Waals surface area contributed by atoms with Crippen LogP contribution in [0.5, 0.6) is 5.88 Å². The Morgan fingerprint density at radius 2 is 2.10 bits per heavy atom. The maximum absolute atomic E-state index is 12.6. The summed E-state index contributed by atoms with van der Waals surface area (Å²) in [6.07, 6.45) is -3.88. The fourth-order valence-corrected chi connectivity index (χ4v) is 3.37. The van der Waals surface area contributed by atoms with Crippen molar-refractivity contribution in [3.63, 3.8) is 0 Å². The Morgan fingerprint density at radius 1 is 1.29 bits per heavy atom. The highest BCUT2D eigenvalue weighted by molar-refractivity contribution is 5.83. The lowest BCUT2D eigenvalue weighted by Crippen LogP contribution is -2.40. The third-order valence-electron chi connectivity index (χ3n) is 4.92. The van der Waals surface area contributed by atoms with Gasteiger partial charge in [-0.3, -0.25) is 4.68 Å². The summed E-state index contributed by atoms with van der Waals surface area (Å²) in [6.45, 7) is 2.10. The highest BCUT2D eigenvalue weighted by Gasteiger charge is 2.27. The number of morpholine rings is 1. The standard InChI is InChI=1S/C21H20F3N5O2/c22-21(23,24)5-7-31-20-17(15-3-1-14(10-25)2-4-15)9-19-18(28-20)12-27-29(19)13-16-11-26-6-8-30-16/h1-4,9,12,16,26H,5-8,11,13H2/t16-/m0/s1. The third kappa shape index (κ3) is 5.13. The van der Waals surface area contributed by atoms with Crippen molar-refractivity contribution >= 4 is 11.0 Å². The topological polar surface area (TPSA) is 85.0 Å². The number of alkyl halides is 3. The van der Waals surface area contributed by atoms with Gasteiger partial charge in [0, 0.05) is 18.7 Å². The van der Waals surface area contributed by atoms with E-state index in [0.717, 1.165) is 12.1 Å². The zero-order valence-corrected chi connectivity index (χ0v) is 16.5. The molecule has 10 heteroatoms. The fraction of sp³-hybridized carbons (Fsp3) is 0.381. The molecule has 0 saturated carbocycles. The number of pyridine rings is 1. The molecular weight excluding hydrogens is 411 g/mol. The Hall–Kier alpha value is -3.16. The molecule has 3 heterocycles. The number of fused-ring (bicyclic) bond motifs is 1. The average molecular weight is 431 g/mol. The van der Waals surface area contributed by atoms with E-state index in [0.29, 0.717) is 41.9 Å². The zero-order chi connectivity index (χ0) is 21.8. The molecule has 1 aromatic carbocycles. The Kier molecular flexibility index (Phi) is 6.06. The molecule has 162 valence electrons. The Balaban J connectivity index is 1.69. The van der Waals surface area contributed by atoms with Crippen molar-refractivity contribution in [2.24, 2.45) is 0 Å². The lowest BCUT2D eigenvalue weighted by atomic mass is 10.0. The molecule has 0 bridgehead atoms. The minimum absolute atomic E-state index is 0.0436. The number of hydrogen-bond donors (Lipinski definition) is 1. The van der Waals surface area contributed by atoms with E-state index in [1.54, 1.807) is 41.2 Å². The number of benzene rings is 1. The molecule has 1 aliphatic heterocycles. The van der Waals surface area contributed by atoms with Gasteiger partial charge >= 0.3 is 6.18 Å². The number of nitriles is 1. The molecule has 1 fully saturated rings. The first-order chi connectivity index (χ1) is 14.9. The van der Waals surface area contributed by atoms with E-state index in [9.17, 15) is 13.2 Å². The van der Waals surface area contributed by atoms with Crippen LogP contribution in [0, 0.1) is 11.3 Å². The predicted molar refractivity (Wildman–Crippen MR) is 106 cm³/mol. The van der Waals surface area contributed by atoms with E-state index in [1.807, 2.05) is 6.07 Å². The highest BCUT2D eigenvalue weighted by atomic mass is 19.4. The summed E-state index contributed by atoms with van der Waals surface area (Å²) in [6, 6.07) is 10.6. The van der Waals surface area contributed by atoms with Gasteiger partial charge < -0.3 is 14.8 Å². The lowest BCUT2D eigenvalue weighted by Gasteiger charge is -2.23. The maximum atomic E-state index is 12.6. The van der Waals surface area contributed by atoms with Crippen molar-refractivity contribution in [3.05, 3.63) is 42.1 Å². The second-order valence-corrected chi connectivity index (χ2v) is 7.17. The molecule has 2 aromatic heterocycles. The molecule has 0 spiro atoms. The van der Waals surface area contributed by atoms with Gasteiger partial charge in [-0.05, 0) is 23.8 Å². The van der Waals surface area contributed by atoms with Crippen LogP contribution < -0.4 is 10.1 Å². The van der Waals surface area contributed by atoms with Crippen molar-refractivity contribution in [2.45, 2.75) is 25.2 Å². The number of aromatic nitrogens is 3. The van der Waals surface area contributed by atoms with Crippen LogP contribution in [0.1, 0.15) is 12.0 Å². The van der Waals surface area contributed by atoms with Gasteiger partial charge in [-0.1, -0.05) is 12.1 Å². The van der Waals surface area contributed by atoms with Gasteiger partial charge in [-0.2, -0.15) is 23.5 Å². The van der Waals surface area contributed by atoms with Crippen LogP contribution in [0.15, 0.2) is 36.5 Å². The smallest absolute Gasteiger partial charge is 0.392 e. The van der Waals surface area contributed by atoms with Gasteiger partial charge in [0.25, 0.3) is 0 Å². The largest absolute Gasteiger partial charge is 0.477 e. The molecule has 1 N–H and O–H groups in total. The predicted octanol–water partition coefficient (Wildman–Crippen LogP) is 3.29. The first-order valence-electron chi connectivity index (χ1n) is 9.82. The molecule has 0 unspecified atom stereocenters. The summed E-state index contributed by atoms with van der Waals surface area (Å²) in [5.41, 5.74) is 2.92. The minimum atomic E-state index is -4.32. The van der Waals surface area contributed by atoms with E-state index >= 15 is 0 Å². The van der Waals surface area contributed by atoms with Crippen LogP contribution in [0.3, 0.4) is 0 Å². The summed E-state index contributed by atoms with van der Waals surface area (Å²) >= 11 is 0. The SMILES string of the molecule is N#Cc1ccc(-c2cc3c(cnn3C[C@@H]3CNCCO3)nc2OCCC(F)(F)F)cc1. The molecule has 1 atom stereocenters. The molecule has 1 saturated heterocycles. The van der Waals surface area contributed by atoms with E-state index in [2.05, 4.69) is 15.4 Å². The third-order valence-corrected chi connectivity index (χ3v) is 4.92. The van der Waals surface area contributed by atoms with Crippen molar-refractivity contribution in [1.82, 2.24) is 20.1 Å². The van der Waals surface area contributed by atoms with Crippen LogP contribution in [0.2, 0.25) is 0 Å². The molecular formula is C21H20F3N5O2. The first kappa shape index (κ1) is 21.1. The van der Waals surface area contributed by atoms with E-state index in [-0.39, 0.29) is 12.0 Å². The number of hydrogen-bond acceptors (Lipinski definition) is 6. The van der Waals surface area contributed by atoms with Gasteiger partial charge in [-0.15, -0.1) is 0 Å². The van der Waals surface area contributed by atoms with Crippen molar-refractivity contribution < 1.29 is 22.6 Å². The molecule has 1 aliphatic rings. The fourth-order valence-electron chi connectivity index (χ4n) is 3.37. The molecule has 4 rings (SSSR count). The van der Waals surface area contributed by atoms with Gasteiger partial charge in [-0.25, -0.2) is 4.98 Å². The Morgan fingerprint density at radius 3 is 2.77 bits per heavy atom. The van der Waals surface area contributed by atoms with Crippen LogP contribution in [-0.4, -0.2) is 53.3 Å². The molecule has 0 amide bonds. The van der Waals surface area contributed by atoms with E-state index in [4.69, 9.17) is 14.7 Å². The molecule has 31 heavy (non-hydrogen) atoms. The molecule has 7 nitrogen and oxygen atoms in total. The Bertz CT molecular complexity index is 1080. The molecule has 0 aliphatic carbocycles. The summed E-state index contributed by atoms with van der Waals surface area (Å²) < 4.78 is 50.7.